The van der Waals surface area contributed by atoms with E-state index in [2.05, 4.69) is 12.7 Å². The van der Waals surface area contributed by atoms with Crippen LogP contribution in [0, 0.1) is 0 Å². The number of Topliss-reactive ketones (excluding diaryl/α,β-unsaturated/α-hetero) is 1. The summed E-state index contributed by atoms with van der Waals surface area (Å²) in [6.45, 7) is 5.69. The van der Waals surface area contributed by atoms with Crippen LogP contribution < -0.4 is 0 Å². The number of carbonyl (C=O) groups excluding carboxylic acids is 1. The van der Waals surface area contributed by atoms with Crippen LogP contribution >= 0.6 is 0 Å². The summed E-state index contributed by atoms with van der Waals surface area (Å²) in [7, 11) is 0. The third kappa shape index (κ3) is 2.30. The zero-order valence-electron chi connectivity index (χ0n) is 8.35. The molecule has 68 valence electrons. The van der Waals surface area contributed by atoms with Crippen LogP contribution in [-0.2, 0) is 4.79 Å². The minimum absolute atomic E-state index is 0.106. The summed E-state index contributed by atoms with van der Waals surface area (Å²) in [5.41, 5.74) is 6.23. The molecule has 0 amide bonds. The Bertz CT molecular complexity index is 347. The van der Waals surface area contributed by atoms with E-state index in [4.69, 9.17) is 0 Å². The lowest BCUT2D eigenvalue weighted by Crippen LogP contribution is -1.93. The molecular weight excluding hydrogens is 160 g/mol. The Kier molecular flexibility index (Phi) is 3.05. The summed E-state index contributed by atoms with van der Waals surface area (Å²) in [4.78, 5) is 11.1. The second-order valence-corrected chi connectivity index (χ2v) is 3.15. The largest absolute Gasteiger partial charge is 0.295 e. The van der Waals surface area contributed by atoms with Gasteiger partial charge in [0, 0.05) is 5.57 Å². The van der Waals surface area contributed by atoms with Gasteiger partial charge < -0.3 is 0 Å². The highest BCUT2D eigenvalue weighted by atomic mass is 16.1. The van der Waals surface area contributed by atoms with E-state index in [-0.39, 0.29) is 5.78 Å². The number of hydrogen-bond donors (Lipinski definition) is 0. The lowest BCUT2D eigenvalue weighted by atomic mass is 10.0. The molecule has 1 aliphatic carbocycles. The van der Waals surface area contributed by atoms with Gasteiger partial charge in [0.05, 0.1) is 0 Å². The fourth-order valence-electron chi connectivity index (χ4n) is 1.31. The quantitative estimate of drug-likeness (QED) is 0.588. The van der Waals surface area contributed by atoms with Gasteiger partial charge in [-0.3, -0.25) is 4.79 Å². The average molecular weight is 174 g/mol. The molecule has 0 heterocycles. The van der Waals surface area contributed by atoms with Crippen molar-refractivity contribution in [2.75, 3.05) is 0 Å². The monoisotopic (exact) mass is 174 g/mol. The highest BCUT2D eigenvalue weighted by Gasteiger charge is 2.04. The predicted octanol–water partition coefficient (Wildman–Crippen LogP) is 2.95. The Hall–Kier alpha value is -1.33. The molecule has 0 saturated carbocycles. The topological polar surface area (TPSA) is 17.1 Å². The first-order chi connectivity index (χ1) is 6.15. The summed E-state index contributed by atoms with van der Waals surface area (Å²) in [6.07, 6.45) is 6.52. The molecule has 0 aliphatic heterocycles. The highest BCUT2D eigenvalue weighted by Crippen LogP contribution is 2.17. The second kappa shape index (κ2) is 4.06. The lowest BCUT2D eigenvalue weighted by molar-refractivity contribution is -0.113. The van der Waals surface area contributed by atoms with Crippen LogP contribution in [0.15, 0.2) is 40.7 Å². The molecule has 0 radical (unpaired) electrons. The zero-order valence-corrected chi connectivity index (χ0v) is 8.35. The smallest absolute Gasteiger partial charge is 0.159 e. The molecule has 0 unspecified atom stereocenters. The summed E-state index contributed by atoms with van der Waals surface area (Å²) in [5.74, 6) is 0.106. The van der Waals surface area contributed by atoms with Crippen molar-refractivity contribution in [3.8, 4) is 0 Å². The molecule has 1 rings (SSSR count). The first kappa shape index (κ1) is 9.76. The average Bonchev–Trinajstić information content (AvgIpc) is 2.26. The lowest BCUT2D eigenvalue weighted by Gasteiger charge is -2.00. The molecular formula is C12H14O. The van der Waals surface area contributed by atoms with Crippen molar-refractivity contribution >= 4 is 5.78 Å². The Morgan fingerprint density at radius 3 is 2.77 bits per heavy atom. The minimum Gasteiger partial charge on any atom is -0.295 e. The van der Waals surface area contributed by atoms with Crippen molar-refractivity contribution in [3.63, 3.8) is 0 Å². The molecule has 1 aliphatic rings. The van der Waals surface area contributed by atoms with Crippen molar-refractivity contribution in [3.05, 3.63) is 40.7 Å². The summed E-state index contributed by atoms with van der Waals surface area (Å²) in [5, 5.41) is 0. The molecule has 1 nitrogen and oxygen atoms in total. The summed E-state index contributed by atoms with van der Waals surface area (Å²) in [6, 6.07) is 0. The Labute approximate surface area is 79.2 Å². The molecule has 0 aromatic carbocycles. The number of ketones is 1. The molecule has 13 heavy (non-hydrogen) atoms. The van der Waals surface area contributed by atoms with E-state index >= 15 is 0 Å². The summed E-state index contributed by atoms with van der Waals surface area (Å²) >= 11 is 0. The van der Waals surface area contributed by atoms with Gasteiger partial charge >= 0.3 is 0 Å². The Morgan fingerprint density at radius 1 is 1.54 bits per heavy atom. The van der Waals surface area contributed by atoms with Crippen LogP contribution in [0.1, 0.15) is 27.2 Å². The third-order valence-electron chi connectivity index (χ3n) is 2.13. The standard InChI is InChI=1S/C12H14O/c1-4-11-6-5-7-12(10(3)13)8-9(11)2/h5,7-8H,4H2,1-3H3. The van der Waals surface area contributed by atoms with E-state index in [9.17, 15) is 4.79 Å². The molecule has 1 heteroatoms. The van der Waals surface area contributed by atoms with Crippen molar-refractivity contribution in [2.45, 2.75) is 27.2 Å². The van der Waals surface area contributed by atoms with Gasteiger partial charge in [0.15, 0.2) is 5.78 Å². The number of carbonyl (C=O) groups is 1. The number of rotatable bonds is 2. The van der Waals surface area contributed by atoms with Gasteiger partial charge in [-0.25, -0.2) is 0 Å². The van der Waals surface area contributed by atoms with Gasteiger partial charge in [0.25, 0.3) is 0 Å². The van der Waals surface area contributed by atoms with Gasteiger partial charge in [-0.1, -0.05) is 6.92 Å². The molecule has 0 aromatic rings. The van der Waals surface area contributed by atoms with Gasteiger partial charge in [-0.2, -0.15) is 0 Å². The maximum atomic E-state index is 11.1. The van der Waals surface area contributed by atoms with Gasteiger partial charge in [-0.05, 0) is 49.6 Å². The summed E-state index contributed by atoms with van der Waals surface area (Å²) < 4.78 is 0. The molecule has 0 atom stereocenters. The molecule has 0 saturated heterocycles. The molecule has 0 fully saturated rings. The molecule has 0 aromatic heterocycles. The first-order valence-electron chi connectivity index (χ1n) is 4.50. The van der Waals surface area contributed by atoms with E-state index in [1.165, 1.54) is 5.57 Å². The van der Waals surface area contributed by atoms with E-state index in [1.807, 2.05) is 25.2 Å². The minimum atomic E-state index is 0.106. The second-order valence-electron chi connectivity index (χ2n) is 3.15. The van der Waals surface area contributed by atoms with Crippen molar-refractivity contribution in [1.82, 2.24) is 0 Å². The molecule has 0 bridgehead atoms. The van der Waals surface area contributed by atoms with Crippen molar-refractivity contribution in [1.29, 1.82) is 0 Å². The van der Waals surface area contributed by atoms with Crippen LogP contribution in [0.4, 0.5) is 0 Å². The fourth-order valence-corrected chi connectivity index (χ4v) is 1.31. The van der Waals surface area contributed by atoms with E-state index in [0.717, 1.165) is 17.6 Å². The van der Waals surface area contributed by atoms with Gasteiger partial charge in [0.1, 0.15) is 0 Å². The normalized spacial score (nSPS) is 15.8. The van der Waals surface area contributed by atoms with E-state index in [1.54, 1.807) is 6.92 Å². The van der Waals surface area contributed by atoms with Crippen LogP contribution in [0.2, 0.25) is 0 Å². The van der Waals surface area contributed by atoms with Gasteiger partial charge in [-0.15, -0.1) is 5.73 Å². The number of allylic oxidation sites excluding steroid dienone is 5. The van der Waals surface area contributed by atoms with Crippen molar-refractivity contribution in [2.24, 2.45) is 0 Å². The van der Waals surface area contributed by atoms with Gasteiger partial charge in [0.2, 0.25) is 0 Å². The Morgan fingerprint density at radius 2 is 2.23 bits per heavy atom. The van der Waals surface area contributed by atoms with E-state index < -0.39 is 0 Å². The van der Waals surface area contributed by atoms with E-state index in [0.29, 0.717) is 0 Å². The first-order valence-corrected chi connectivity index (χ1v) is 4.50. The Balaban J connectivity index is 3.08. The van der Waals surface area contributed by atoms with Crippen LogP contribution in [0.3, 0.4) is 0 Å². The maximum Gasteiger partial charge on any atom is 0.159 e. The van der Waals surface area contributed by atoms with Crippen LogP contribution in [0.5, 0.6) is 0 Å². The van der Waals surface area contributed by atoms with Crippen LogP contribution in [-0.4, -0.2) is 5.78 Å². The number of hydrogen-bond acceptors (Lipinski definition) is 1. The SMILES string of the molecule is CCC1=C=CC=C(C(C)=O)C=C1C. The highest BCUT2D eigenvalue weighted by molar-refractivity contribution is 5.96. The third-order valence-corrected chi connectivity index (χ3v) is 2.13. The molecule has 0 spiro atoms. The maximum absolute atomic E-state index is 11.1. The van der Waals surface area contributed by atoms with Crippen LogP contribution in [0.25, 0.3) is 0 Å². The fraction of sp³-hybridized carbons (Fsp3) is 0.333. The van der Waals surface area contributed by atoms with Crippen molar-refractivity contribution < 1.29 is 4.79 Å². The molecule has 0 N–H and O–H groups in total. The predicted molar refractivity (Wildman–Crippen MR) is 54.4 cm³/mol. The zero-order chi connectivity index (χ0) is 9.84.